The number of amides is 2. The first-order chi connectivity index (χ1) is 8.25. The number of carbonyl (C=O) groups excluding carboxylic acids is 1. The van der Waals surface area contributed by atoms with Gasteiger partial charge in [0.25, 0.3) is 0 Å². The third kappa shape index (κ3) is 6.47. The molecule has 0 heterocycles. The summed E-state index contributed by atoms with van der Waals surface area (Å²) in [5, 5.41) is 14.0. The second-order valence-corrected chi connectivity index (χ2v) is 5.48. The molecule has 0 saturated carbocycles. The van der Waals surface area contributed by atoms with E-state index in [-0.39, 0.29) is 12.6 Å². The Bertz CT molecular complexity index is 269. The van der Waals surface area contributed by atoms with Crippen molar-refractivity contribution in [1.82, 2.24) is 10.6 Å². The zero-order chi connectivity index (χ0) is 14.3. The van der Waals surface area contributed by atoms with E-state index in [2.05, 4.69) is 38.3 Å². The lowest BCUT2D eigenvalue weighted by Crippen LogP contribution is -2.42. The number of urea groups is 1. The predicted octanol–water partition coefficient (Wildman–Crippen LogP) is 1.93. The van der Waals surface area contributed by atoms with Crippen LogP contribution in [-0.4, -0.2) is 30.2 Å². The molecule has 0 aliphatic carbocycles. The van der Waals surface area contributed by atoms with Crippen molar-refractivity contribution >= 4 is 12.0 Å². The van der Waals surface area contributed by atoms with Gasteiger partial charge in [-0.05, 0) is 17.8 Å². The van der Waals surface area contributed by atoms with Crippen molar-refractivity contribution in [3.8, 4) is 0 Å². The second-order valence-electron chi connectivity index (χ2n) is 5.48. The molecule has 106 valence electrons. The summed E-state index contributed by atoms with van der Waals surface area (Å²) in [5.74, 6) is -0.0431. The van der Waals surface area contributed by atoms with Gasteiger partial charge >= 0.3 is 12.0 Å². The lowest BCUT2D eigenvalue weighted by Gasteiger charge is -2.25. The molecule has 0 bridgehead atoms. The van der Waals surface area contributed by atoms with E-state index in [4.69, 9.17) is 5.11 Å². The van der Waals surface area contributed by atoms with Gasteiger partial charge in [0.15, 0.2) is 0 Å². The monoisotopic (exact) mass is 258 g/mol. The highest BCUT2D eigenvalue weighted by atomic mass is 16.4. The summed E-state index contributed by atoms with van der Waals surface area (Å²) in [6.45, 7) is 10.9. The lowest BCUT2D eigenvalue weighted by atomic mass is 9.85. The Morgan fingerprint density at radius 3 is 1.78 bits per heavy atom. The molecule has 2 amide bonds. The average Bonchev–Trinajstić information content (AvgIpc) is 2.24. The van der Waals surface area contributed by atoms with Gasteiger partial charge in [0.2, 0.25) is 0 Å². The Morgan fingerprint density at radius 1 is 0.944 bits per heavy atom. The molecule has 0 aliphatic heterocycles. The Hall–Kier alpha value is -1.26. The summed E-state index contributed by atoms with van der Waals surface area (Å²) in [6.07, 6.45) is 0. The minimum Gasteiger partial charge on any atom is -0.481 e. The first-order valence-electron chi connectivity index (χ1n) is 6.50. The number of hydrogen-bond acceptors (Lipinski definition) is 2. The van der Waals surface area contributed by atoms with E-state index in [9.17, 15) is 9.59 Å². The predicted molar refractivity (Wildman–Crippen MR) is 71.4 cm³/mol. The van der Waals surface area contributed by atoms with E-state index in [1.54, 1.807) is 6.92 Å². The molecule has 0 radical (unpaired) electrons. The lowest BCUT2D eigenvalue weighted by molar-refractivity contribution is -0.140. The maximum absolute atomic E-state index is 11.5. The molecule has 0 aromatic rings. The summed E-state index contributed by atoms with van der Waals surface area (Å²) < 4.78 is 0. The minimum absolute atomic E-state index is 0.148. The molecular weight excluding hydrogens is 232 g/mol. The van der Waals surface area contributed by atoms with Crippen LogP contribution >= 0.6 is 0 Å². The topological polar surface area (TPSA) is 78.4 Å². The largest absolute Gasteiger partial charge is 0.481 e. The molecule has 0 spiro atoms. The fraction of sp³-hybridized carbons (Fsp3) is 0.846. The summed E-state index contributed by atoms with van der Waals surface area (Å²) in [5.41, 5.74) is 0. The molecule has 0 aliphatic rings. The summed E-state index contributed by atoms with van der Waals surface area (Å²) in [7, 11) is 0. The van der Waals surface area contributed by atoms with Crippen molar-refractivity contribution in [3.63, 3.8) is 0 Å². The normalized spacial score (nSPS) is 12.9. The van der Waals surface area contributed by atoms with Crippen molar-refractivity contribution in [3.05, 3.63) is 0 Å². The zero-order valence-corrected chi connectivity index (χ0v) is 12.0. The SMILES string of the molecule is CC(CNC(=O)NCC(C(C)C)C(C)C)C(=O)O. The van der Waals surface area contributed by atoms with Crippen LogP contribution < -0.4 is 10.6 Å². The summed E-state index contributed by atoms with van der Waals surface area (Å²) >= 11 is 0. The number of carboxylic acids is 1. The zero-order valence-electron chi connectivity index (χ0n) is 12.0. The molecule has 1 unspecified atom stereocenters. The molecule has 0 rings (SSSR count). The van der Waals surface area contributed by atoms with Gasteiger partial charge in [0, 0.05) is 13.1 Å². The maximum atomic E-state index is 11.5. The van der Waals surface area contributed by atoms with E-state index >= 15 is 0 Å². The van der Waals surface area contributed by atoms with Gasteiger partial charge in [-0.25, -0.2) is 4.79 Å². The second kappa shape index (κ2) is 7.95. The molecule has 0 aromatic heterocycles. The summed E-state index contributed by atoms with van der Waals surface area (Å²) in [4.78, 5) is 22.1. The molecule has 0 saturated heterocycles. The standard InChI is InChI=1S/C13H26N2O3/c1-8(2)11(9(3)4)7-15-13(18)14-6-10(5)12(16)17/h8-11H,6-7H2,1-5H3,(H,16,17)(H2,14,15,18). The van der Waals surface area contributed by atoms with Crippen molar-refractivity contribution in [2.75, 3.05) is 13.1 Å². The number of carbonyl (C=O) groups is 2. The minimum atomic E-state index is -0.905. The van der Waals surface area contributed by atoms with Crippen molar-refractivity contribution in [1.29, 1.82) is 0 Å². The molecule has 0 fully saturated rings. The van der Waals surface area contributed by atoms with E-state index in [0.717, 1.165) is 0 Å². The Kier molecular flexibility index (Phi) is 7.39. The summed E-state index contributed by atoms with van der Waals surface area (Å²) in [6, 6.07) is -0.297. The van der Waals surface area contributed by atoms with E-state index < -0.39 is 11.9 Å². The molecule has 5 nitrogen and oxygen atoms in total. The Morgan fingerprint density at radius 2 is 1.39 bits per heavy atom. The quantitative estimate of drug-likeness (QED) is 0.653. The van der Waals surface area contributed by atoms with E-state index in [0.29, 0.717) is 24.3 Å². The van der Waals surface area contributed by atoms with Crippen LogP contribution in [0, 0.1) is 23.7 Å². The number of carboxylic acid groups (broad SMARTS) is 1. The smallest absolute Gasteiger partial charge is 0.314 e. The van der Waals surface area contributed by atoms with Crippen LogP contribution in [0.1, 0.15) is 34.6 Å². The van der Waals surface area contributed by atoms with Crippen molar-refractivity contribution < 1.29 is 14.7 Å². The average molecular weight is 258 g/mol. The van der Waals surface area contributed by atoms with Gasteiger partial charge in [0.1, 0.15) is 0 Å². The molecule has 1 atom stereocenters. The number of hydrogen-bond donors (Lipinski definition) is 3. The van der Waals surface area contributed by atoms with Gasteiger partial charge in [0.05, 0.1) is 5.92 Å². The highest BCUT2D eigenvalue weighted by Gasteiger charge is 2.18. The first kappa shape index (κ1) is 16.7. The van der Waals surface area contributed by atoms with Gasteiger partial charge in [-0.1, -0.05) is 34.6 Å². The molecule has 18 heavy (non-hydrogen) atoms. The van der Waals surface area contributed by atoms with Gasteiger partial charge in [-0.15, -0.1) is 0 Å². The Balaban J connectivity index is 3.99. The third-order valence-electron chi connectivity index (χ3n) is 3.20. The van der Waals surface area contributed by atoms with Gasteiger partial charge in [-0.3, -0.25) is 4.79 Å². The van der Waals surface area contributed by atoms with Crippen LogP contribution in [0.4, 0.5) is 4.79 Å². The number of nitrogens with one attached hydrogen (secondary N) is 2. The van der Waals surface area contributed by atoms with E-state index in [1.165, 1.54) is 0 Å². The highest BCUT2D eigenvalue weighted by molar-refractivity contribution is 5.75. The van der Waals surface area contributed by atoms with Gasteiger partial charge < -0.3 is 15.7 Å². The fourth-order valence-corrected chi connectivity index (χ4v) is 1.85. The number of aliphatic carboxylic acids is 1. The molecule has 5 heteroatoms. The highest BCUT2D eigenvalue weighted by Crippen LogP contribution is 2.19. The molecule has 3 N–H and O–H groups in total. The van der Waals surface area contributed by atoms with Crippen LogP contribution in [0.15, 0.2) is 0 Å². The van der Waals surface area contributed by atoms with E-state index in [1.807, 2.05) is 0 Å². The van der Waals surface area contributed by atoms with Gasteiger partial charge in [-0.2, -0.15) is 0 Å². The van der Waals surface area contributed by atoms with Crippen molar-refractivity contribution in [2.45, 2.75) is 34.6 Å². The van der Waals surface area contributed by atoms with Crippen LogP contribution in [0.3, 0.4) is 0 Å². The van der Waals surface area contributed by atoms with Crippen LogP contribution in [-0.2, 0) is 4.79 Å². The molecular formula is C13H26N2O3. The Labute approximate surface area is 109 Å². The van der Waals surface area contributed by atoms with Crippen LogP contribution in [0.25, 0.3) is 0 Å². The molecule has 0 aromatic carbocycles. The van der Waals surface area contributed by atoms with Crippen LogP contribution in [0.5, 0.6) is 0 Å². The van der Waals surface area contributed by atoms with Crippen LogP contribution in [0.2, 0.25) is 0 Å². The number of rotatable bonds is 7. The third-order valence-corrected chi connectivity index (χ3v) is 3.20. The fourth-order valence-electron chi connectivity index (χ4n) is 1.85. The van der Waals surface area contributed by atoms with Crippen molar-refractivity contribution in [2.24, 2.45) is 23.7 Å². The maximum Gasteiger partial charge on any atom is 0.314 e. The first-order valence-corrected chi connectivity index (χ1v) is 6.50.